The van der Waals surface area contributed by atoms with Crippen molar-refractivity contribution in [1.29, 1.82) is 0 Å². The number of hydrogen-bond acceptors (Lipinski definition) is 3. The van der Waals surface area contributed by atoms with Gasteiger partial charge in [-0.2, -0.15) is 10.2 Å². The summed E-state index contributed by atoms with van der Waals surface area (Å²) in [5.74, 6) is 0.602. The summed E-state index contributed by atoms with van der Waals surface area (Å²) in [5.41, 5.74) is 8.99. The number of nitrogen functional groups attached to an aromatic ring is 1. The Kier molecular flexibility index (Phi) is 3.48. The lowest BCUT2D eigenvalue weighted by Crippen LogP contribution is -2.03. The second kappa shape index (κ2) is 5.28. The molecule has 0 spiro atoms. The van der Waals surface area contributed by atoms with Crippen molar-refractivity contribution in [3.8, 4) is 0 Å². The molecule has 2 heterocycles. The zero-order valence-corrected chi connectivity index (χ0v) is 12.8. The van der Waals surface area contributed by atoms with Crippen molar-refractivity contribution in [2.24, 2.45) is 0 Å². The van der Waals surface area contributed by atoms with E-state index in [0.29, 0.717) is 12.4 Å². The third-order valence-corrected chi connectivity index (χ3v) is 3.81. The summed E-state index contributed by atoms with van der Waals surface area (Å²) in [6, 6.07) is 8.21. The standard InChI is InChI=1S/C14H16BrN5/c1-2-3-11-12-13(16)17-18-14(12)20(19-11)8-9-4-6-10(15)7-5-9/h4-7H,2-3,8H2,1H3,(H3,16,17,18). The van der Waals surface area contributed by atoms with Crippen LogP contribution in [0.25, 0.3) is 11.0 Å². The number of nitrogens with two attached hydrogens (primary N) is 1. The Bertz CT molecular complexity index is 726. The van der Waals surface area contributed by atoms with Crippen molar-refractivity contribution in [3.63, 3.8) is 0 Å². The van der Waals surface area contributed by atoms with Crippen LogP contribution in [0.1, 0.15) is 24.6 Å². The number of nitrogens with one attached hydrogen (secondary N) is 1. The summed E-state index contributed by atoms with van der Waals surface area (Å²) in [7, 11) is 0. The van der Waals surface area contributed by atoms with E-state index in [4.69, 9.17) is 5.73 Å². The van der Waals surface area contributed by atoms with E-state index in [1.54, 1.807) is 0 Å². The van der Waals surface area contributed by atoms with E-state index in [0.717, 1.165) is 34.0 Å². The molecule has 6 heteroatoms. The van der Waals surface area contributed by atoms with E-state index in [9.17, 15) is 0 Å². The number of hydrogen-bond donors (Lipinski definition) is 2. The normalized spacial score (nSPS) is 11.3. The summed E-state index contributed by atoms with van der Waals surface area (Å²) in [4.78, 5) is 0. The summed E-state index contributed by atoms with van der Waals surface area (Å²) in [6.45, 7) is 2.83. The van der Waals surface area contributed by atoms with Crippen LogP contribution in [-0.4, -0.2) is 20.0 Å². The van der Waals surface area contributed by atoms with E-state index in [1.165, 1.54) is 5.56 Å². The summed E-state index contributed by atoms with van der Waals surface area (Å²) < 4.78 is 2.98. The molecule has 104 valence electrons. The average molecular weight is 334 g/mol. The first-order chi connectivity index (χ1) is 9.69. The molecule has 0 aliphatic carbocycles. The first-order valence-electron chi connectivity index (χ1n) is 6.62. The molecule has 0 atom stereocenters. The highest BCUT2D eigenvalue weighted by molar-refractivity contribution is 9.10. The molecule has 0 amide bonds. The largest absolute Gasteiger partial charge is 0.383 e. The Labute approximate surface area is 125 Å². The first kappa shape index (κ1) is 13.2. The van der Waals surface area contributed by atoms with Crippen LogP contribution in [0.4, 0.5) is 5.82 Å². The Hall–Kier alpha value is -1.82. The highest BCUT2D eigenvalue weighted by Gasteiger charge is 2.15. The van der Waals surface area contributed by atoms with E-state index in [-0.39, 0.29) is 0 Å². The van der Waals surface area contributed by atoms with Crippen LogP contribution in [0.2, 0.25) is 0 Å². The molecule has 1 aromatic carbocycles. The number of nitrogens with zero attached hydrogens (tertiary/aromatic N) is 3. The SMILES string of the molecule is CCCc1nn(Cc2ccc(Br)cc2)c2n[nH]c(N)c12. The first-order valence-corrected chi connectivity index (χ1v) is 7.42. The van der Waals surface area contributed by atoms with E-state index >= 15 is 0 Å². The maximum absolute atomic E-state index is 5.96. The van der Waals surface area contributed by atoms with Gasteiger partial charge in [0.15, 0.2) is 5.65 Å². The topological polar surface area (TPSA) is 72.5 Å². The lowest BCUT2D eigenvalue weighted by Gasteiger charge is -2.02. The van der Waals surface area contributed by atoms with Crippen LogP contribution in [0, 0.1) is 0 Å². The molecule has 3 N–H and O–H groups in total. The maximum atomic E-state index is 5.96. The van der Waals surface area contributed by atoms with Gasteiger partial charge in [0.2, 0.25) is 0 Å². The molecule has 0 unspecified atom stereocenters. The second-order valence-corrected chi connectivity index (χ2v) is 5.73. The minimum atomic E-state index is 0.602. The number of aromatic nitrogens is 4. The van der Waals surface area contributed by atoms with Gasteiger partial charge in [-0.05, 0) is 24.1 Å². The van der Waals surface area contributed by atoms with Crippen molar-refractivity contribution >= 4 is 32.8 Å². The molecule has 0 radical (unpaired) electrons. The number of halogens is 1. The zero-order chi connectivity index (χ0) is 14.1. The van der Waals surface area contributed by atoms with E-state index < -0.39 is 0 Å². The van der Waals surface area contributed by atoms with Crippen LogP contribution in [-0.2, 0) is 13.0 Å². The van der Waals surface area contributed by atoms with Crippen molar-refractivity contribution in [2.75, 3.05) is 5.73 Å². The average Bonchev–Trinajstić information content (AvgIpc) is 2.96. The highest BCUT2D eigenvalue weighted by Crippen LogP contribution is 2.24. The Morgan fingerprint density at radius 3 is 2.75 bits per heavy atom. The van der Waals surface area contributed by atoms with E-state index in [2.05, 4.69) is 50.3 Å². The monoisotopic (exact) mass is 333 g/mol. The van der Waals surface area contributed by atoms with Gasteiger partial charge in [-0.1, -0.05) is 41.4 Å². The van der Waals surface area contributed by atoms with Crippen LogP contribution >= 0.6 is 15.9 Å². The molecule has 20 heavy (non-hydrogen) atoms. The fraction of sp³-hybridized carbons (Fsp3) is 0.286. The van der Waals surface area contributed by atoms with Gasteiger partial charge >= 0.3 is 0 Å². The number of anilines is 1. The van der Waals surface area contributed by atoms with Crippen LogP contribution < -0.4 is 5.73 Å². The molecule has 5 nitrogen and oxygen atoms in total. The number of rotatable bonds is 4. The van der Waals surface area contributed by atoms with Crippen LogP contribution in [0.3, 0.4) is 0 Å². The minimum absolute atomic E-state index is 0.602. The molecule has 0 fully saturated rings. The fourth-order valence-electron chi connectivity index (χ4n) is 2.34. The van der Waals surface area contributed by atoms with Gasteiger partial charge in [0.25, 0.3) is 0 Å². The fourth-order valence-corrected chi connectivity index (χ4v) is 2.61. The van der Waals surface area contributed by atoms with Gasteiger partial charge in [0.1, 0.15) is 5.82 Å². The van der Waals surface area contributed by atoms with Gasteiger partial charge in [-0.3, -0.25) is 5.10 Å². The zero-order valence-electron chi connectivity index (χ0n) is 11.2. The van der Waals surface area contributed by atoms with Gasteiger partial charge < -0.3 is 5.73 Å². The maximum Gasteiger partial charge on any atom is 0.182 e. The summed E-state index contributed by atoms with van der Waals surface area (Å²) in [5, 5.41) is 12.7. The molecule has 0 aliphatic heterocycles. The molecule has 3 aromatic rings. The Morgan fingerprint density at radius 1 is 1.30 bits per heavy atom. The number of aryl methyl sites for hydroxylation is 1. The molecule has 0 saturated carbocycles. The van der Waals surface area contributed by atoms with Gasteiger partial charge in [-0.25, -0.2) is 4.68 Å². The van der Waals surface area contributed by atoms with Crippen molar-refractivity contribution in [3.05, 3.63) is 40.0 Å². The van der Waals surface area contributed by atoms with Crippen molar-refractivity contribution in [1.82, 2.24) is 20.0 Å². The molecular formula is C14H16BrN5. The van der Waals surface area contributed by atoms with Crippen molar-refractivity contribution < 1.29 is 0 Å². The van der Waals surface area contributed by atoms with Gasteiger partial charge in [0, 0.05) is 4.47 Å². The van der Waals surface area contributed by atoms with Crippen molar-refractivity contribution in [2.45, 2.75) is 26.3 Å². The third kappa shape index (κ3) is 2.31. The Balaban J connectivity index is 2.01. The number of H-pyrrole nitrogens is 1. The minimum Gasteiger partial charge on any atom is -0.383 e. The molecular weight excluding hydrogens is 318 g/mol. The molecule has 3 rings (SSSR count). The number of aromatic amines is 1. The van der Waals surface area contributed by atoms with Gasteiger partial charge in [-0.15, -0.1) is 0 Å². The Morgan fingerprint density at radius 2 is 2.05 bits per heavy atom. The molecule has 0 saturated heterocycles. The predicted molar refractivity (Wildman–Crippen MR) is 83.5 cm³/mol. The smallest absolute Gasteiger partial charge is 0.182 e. The lowest BCUT2D eigenvalue weighted by molar-refractivity contribution is 0.678. The van der Waals surface area contributed by atoms with Gasteiger partial charge in [0.05, 0.1) is 17.6 Å². The summed E-state index contributed by atoms with van der Waals surface area (Å²) >= 11 is 3.44. The molecule has 0 aliphatic rings. The third-order valence-electron chi connectivity index (χ3n) is 3.28. The molecule has 2 aromatic heterocycles. The predicted octanol–water partition coefficient (Wildman–Crippen LogP) is 3.10. The molecule has 0 bridgehead atoms. The van der Waals surface area contributed by atoms with Crippen LogP contribution in [0.15, 0.2) is 28.7 Å². The van der Waals surface area contributed by atoms with E-state index in [1.807, 2.05) is 16.8 Å². The lowest BCUT2D eigenvalue weighted by atomic mass is 10.2. The van der Waals surface area contributed by atoms with Crippen LogP contribution in [0.5, 0.6) is 0 Å². The number of benzene rings is 1. The summed E-state index contributed by atoms with van der Waals surface area (Å²) in [6.07, 6.45) is 1.95. The number of fused-ring (bicyclic) bond motifs is 1. The second-order valence-electron chi connectivity index (χ2n) is 4.82. The highest BCUT2D eigenvalue weighted by atomic mass is 79.9. The quantitative estimate of drug-likeness (QED) is 0.770.